The van der Waals surface area contributed by atoms with Crippen LogP contribution < -0.4 is 15.5 Å². The number of methoxy groups -OCH3 is 1. The van der Waals surface area contributed by atoms with Crippen LogP contribution in [0.25, 0.3) is 0 Å². The van der Waals surface area contributed by atoms with Gasteiger partial charge in [0.2, 0.25) is 5.91 Å². The molecule has 1 aliphatic rings. The Morgan fingerprint density at radius 2 is 2.12 bits per heavy atom. The van der Waals surface area contributed by atoms with Crippen molar-refractivity contribution in [3.05, 3.63) is 35.8 Å². The molecule has 0 bridgehead atoms. The lowest BCUT2D eigenvalue weighted by molar-refractivity contribution is -0.117. The van der Waals surface area contributed by atoms with Gasteiger partial charge >= 0.3 is 6.09 Å². The number of aromatic nitrogens is 1. The fourth-order valence-corrected chi connectivity index (χ4v) is 3.41. The van der Waals surface area contributed by atoms with E-state index in [9.17, 15) is 9.59 Å². The highest BCUT2D eigenvalue weighted by molar-refractivity contribution is 7.13. The molecule has 1 aromatic carbocycles. The summed E-state index contributed by atoms with van der Waals surface area (Å²) in [6, 6.07) is 6.73. The van der Waals surface area contributed by atoms with Gasteiger partial charge in [0, 0.05) is 29.5 Å². The molecule has 24 heavy (non-hydrogen) atoms. The number of benzene rings is 1. The molecule has 1 aromatic heterocycles. The molecule has 1 atom stereocenters. The molecule has 0 saturated carbocycles. The fraction of sp³-hybridized carbons (Fsp3) is 0.312. The lowest BCUT2D eigenvalue weighted by Gasteiger charge is -2.23. The van der Waals surface area contributed by atoms with Gasteiger partial charge in [0.05, 0.1) is 7.11 Å². The van der Waals surface area contributed by atoms with Crippen molar-refractivity contribution in [2.45, 2.75) is 18.9 Å². The van der Waals surface area contributed by atoms with Gasteiger partial charge in [-0.05, 0) is 31.0 Å². The van der Waals surface area contributed by atoms with Crippen molar-refractivity contribution in [2.75, 3.05) is 29.2 Å². The molecular weight excluding hydrogens is 328 g/mol. The highest BCUT2D eigenvalue weighted by Crippen LogP contribution is 2.28. The molecule has 2 aromatic rings. The number of hydrogen-bond donors (Lipinski definition) is 2. The van der Waals surface area contributed by atoms with E-state index in [2.05, 4.69) is 20.4 Å². The summed E-state index contributed by atoms with van der Waals surface area (Å²) >= 11 is 1.53. The van der Waals surface area contributed by atoms with Gasteiger partial charge in [-0.25, -0.2) is 9.78 Å². The molecule has 0 unspecified atom stereocenters. The zero-order chi connectivity index (χ0) is 16.9. The summed E-state index contributed by atoms with van der Waals surface area (Å²) in [5.74, 6) is -0.0714. The second-order valence-electron chi connectivity index (χ2n) is 5.35. The number of ether oxygens (including phenoxy) is 1. The Kier molecular flexibility index (Phi) is 4.95. The molecule has 7 nitrogen and oxygen atoms in total. The highest BCUT2D eigenvalue weighted by Gasteiger charge is 2.32. The van der Waals surface area contributed by atoms with Crippen LogP contribution >= 0.6 is 11.3 Å². The first-order valence-corrected chi connectivity index (χ1v) is 8.47. The minimum atomic E-state index is -0.552. The molecule has 1 fully saturated rings. The second kappa shape index (κ2) is 7.31. The zero-order valence-corrected chi connectivity index (χ0v) is 14.0. The molecule has 0 aliphatic carbocycles. The SMILES string of the molecule is COC(=O)Nc1cccc(NC(=O)[C@H]2CCCN2c2nccs2)c1. The third-order valence-electron chi connectivity index (χ3n) is 3.78. The summed E-state index contributed by atoms with van der Waals surface area (Å²) in [6.07, 6.45) is 2.95. The molecule has 3 rings (SSSR count). The summed E-state index contributed by atoms with van der Waals surface area (Å²) in [4.78, 5) is 30.2. The second-order valence-corrected chi connectivity index (χ2v) is 6.23. The van der Waals surface area contributed by atoms with Crippen molar-refractivity contribution in [3.63, 3.8) is 0 Å². The number of nitrogens with one attached hydrogen (secondary N) is 2. The third kappa shape index (κ3) is 3.65. The van der Waals surface area contributed by atoms with Crippen LogP contribution in [0.2, 0.25) is 0 Å². The lowest BCUT2D eigenvalue weighted by Crippen LogP contribution is -2.39. The van der Waals surface area contributed by atoms with Gasteiger partial charge in [-0.1, -0.05) is 6.07 Å². The van der Waals surface area contributed by atoms with E-state index >= 15 is 0 Å². The Hall–Kier alpha value is -2.61. The summed E-state index contributed by atoms with van der Waals surface area (Å²) < 4.78 is 4.56. The highest BCUT2D eigenvalue weighted by atomic mass is 32.1. The monoisotopic (exact) mass is 346 g/mol. The van der Waals surface area contributed by atoms with Crippen LogP contribution in [0.5, 0.6) is 0 Å². The predicted molar refractivity (Wildman–Crippen MR) is 93.6 cm³/mol. The summed E-state index contributed by atoms with van der Waals surface area (Å²) in [6.45, 7) is 0.829. The average Bonchev–Trinajstić information content (AvgIpc) is 3.26. The number of anilines is 3. The van der Waals surface area contributed by atoms with Crippen molar-refractivity contribution in [1.29, 1.82) is 0 Å². The molecule has 2 amide bonds. The van der Waals surface area contributed by atoms with Gasteiger partial charge in [0.15, 0.2) is 5.13 Å². The van der Waals surface area contributed by atoms with Crippen molar-refractivity contribution < 1.29 is 14.3 Å². The van der Waals surface area contributed by atoms with Gasteiger partial charge in [-0.3, -0.25) is 10.1 Å². The number of carbonyl (C=O) groups excluding carboxylic acids is 2. The van der Waals surface area contributed by atoms with Crippen LogP contribution in [0.1, 0.15) is 12.8 Å². The first-order valence-electron chi connectivity index (χ1n) is 7.59. The fourth-order valence-electron chi connectivity index (χ4n) is 2.70. The molecule has 0 radical (unpaired) electrons. The minimum absolute atomic E-state index is 0.0714. The summed E-state index contributed by atoms with van der Waals surface area (Å²) in [5, 5.41) is 8.26. The maximum absolute atomic E-state index is 12.6. The van der Waals surface area contributed by atoms with E-state index in [0.717, 1.165) is 24.5 Å². The smallest absolute Gasteiger partial charge is 0.411 e. The summed E-state index contributed by atoms with van der Waals surface area (Å²) in [5.41, 5.74) is 1.18. The third-order valence-corrected chi connectivity index (χ3v) is 4.59. The molecule has 1 aliphatic heterocycles. The number of nitrogens with zero attached hydrogens (tertiary/aromatic N) is 2. The summed E-state index contributed by atoms with van der Waals surface area (Å²) in [7, 11) is 1.30. The first kappa shape index (κ1) is 16.3. The van der Waals surface area contributed by atoms with Crippen LogP contribution in [0, 0.1) is 0 Å². The molecule has 2 N–H and O–H groups in total. The maximum atomic E-state index is 12.6. The van der Waals surface area contributed by atoms with Crippen LogP contribution in [0.15, 0.2) is 35.8 Å². The predicted octanol–water partition coefficient (Wildman–Crippen LogP) is 2.93. The topological polar surface area (TPSA) is 83.6 Å². The number of amides is 2. The Balaban J connectivity index is 1.68. The molecular formula is C16H18N4O3S. The maximum Gasteiger partial charge on any atom is 0.411 e. The Bertz CT molecular complexity index is 720. The van der Waals surface area contributed by atoms with Crippen LogP contribution in [0.4, 0.5) is 21.3 Å². The zero-order valence-electron chi connectivity index (χ0n) is 13.2. The quantitative estimate of drug-likeness (QED) is 0.889. The normalized spacial score (nSPS) is 16.7. The van der Waals surface area contributed by atoms with E-state index in [1.165, 1.54) is 18.4 Å². The molecule has 126 valence electrons. The number of hydrogen-bond acceptors (Lipinski definition) is 6. The lowest BCUT2D eigenvalue weighted by atomic mass is 10.2. The largest absolute Gasteiger partial charge is 0.453 e. The van der Waals surface area contributed by atoms with Gasteiger partial charge in [0.1, 0.15) is 6.04 Å². The van der Waals surface area contributed by atoms with E-state index in [0.29, 0.717) is 11.4 Å². The Morgan fingerprint density at radius 1 is 1.33 bits per heavy atom. The van der Waals surface area contributed by atoms with Gasteiger partial charge in [-0.2, -0.15) is 0 Å². The number of carbonyl (C=O) groups is 2. The van der Waals surface area contributed by atoms with Crippen molar-refractivity contribution in [2.24, 2.45) is 0 Å². The van der Waals surface area contributed by atoms with Crippen molar-refractivity contribution in [3.8, 4) is 0 Å². The first-order chi connectivity index (χ1) is 11.7. The van der Waals surface area contributed by atoms with E-state index in [-0.39, 0.29) is 11.9 Å². The molecule has 0 spiro atoms. The van der Waals surface area contributed by atoms with Gasteiger partial charge < -0.3 is 15.0 Å². The van der Waals surface area contributed by atoms with E-state index in [1.54, 1.807) is 30.5 Å². The molecule has 1 saturated heterocycles. The Morgan fingerprint density at radius 3 is 2.83 bits per heavy atom. The van der Waals surface area contributed by atoms with E-state index in [4.69, 9.17) is 0 Å². The van der Waals surface area contributed by atoms with Crippen LogP contribution in [-0.4, -0.2) is 36.7 Å². The van der Waals surface area contributed by atoms with Crippen molar-refractivity contribution in [1.82, 2.24) is 4.98 Å². The van der Waals surface area contributed by atoms with Gasteiger partial charge in [0.25, 0.3) is 0 Å². The van der Waals surface area contributed by atoms with E-state index < -0.39 is 6.09 Å². The Labute approximate surface area is 143 Å². The average molecular weight is 346 g/mol. The molecule has 8 heteroatoms. The van der Waals surface area contributed by atoms with Crippen LogP contribution in [0.3, 0.4) is 0 Å². The standard InChI is InChI=1S/C16H18N4O3S/c1-23-16(22)19-12-5-2-4-11(10-12)18-14(21)13-6-3-8-20(13)15-17-7-9-24-15/h2,4-5,7,9-10,13H,3,6,8H2,1H3,(H,18,21)(H,19,22)/t13-/m1/s1. The number of rotatable bonds is 4. The van der Waals surface area contributed by atoms with E-state index in [1.807, 2.05) is 10.3 Å². The minimum Gasteiger partial charge on any atom is -0.453 e. The molecule has 2 heterocycles. The van der Waals surface area contributed by atoms with Crippen molar-refractivity contribution >= 4 is 39.8 Å². The van der Waals surface area contributed by atoms with Crippen LogP contribution in [-0.2, 0) is 9.53 Å². The van der Waals surface area contributed by atoms with Gasteiger partial charge in [-0.15, -0.1) is 11.3 Å². The number of thiazole rings is 1.